The van der Waals surface area contributed by atoms with E-state index in [0.29, 0.717) is 5.92 Å². The number of piperazine rings is 1. The fourth-order valence-electron chi connectivity index (χ4n) is 3.97. The molecule has 2 aliphatic heterocycles. The smallest absolute Gasteiger partial charge is 0.317 e. The van der Waals surface area contributed by atoms with Crippen LogP contribution in [0.5, 0.6) is 0 Å². The average Bonchev–Trinajstić information content (AvgIpc) is 2.70. The van der Waals surface area contributed by atoms with Crippen LogP contribution in [0.15, 0.2) is 36.4 Å². The molecule has 1 unspecified atom stereocenters. The van der Waals surface area contributed by atoms with Gasteiger partial charge in [-0.05, 0) is 51.4 Å². The summed E-state index contributed by atoms with van der Waals surface area (Å²) in [7, 11) is 2.17. The fourth-order valence-corrected chi connectivity index (χ4v) is 3.97. The fraction of sp³-hybridized carbons (Fsp3) is 0.591. The summed E-state index contributed by atoms with van der Waals surface area (Å²) in [5, 5.41) is 3.25. The molecule has 0 radical (unpaired) electrons. The Bertz CT molecular complexity index is 602. The molecule has 2 aliphatic rings. The predicted octanol–water partition coefficient (Wildman–Crippen LogP) is 2.76. The van der Waals surface area contributed by atoms with E-state index in [-0.39, 0.29) is 12.1 Å². The van der Waals surface area contributed by atoms with Crippen LogP contribution in [0.4, 0.5) is 4.79 Å². The summed E-state index contributed by atoms with van der Waals surface area (Å²) < 4.78 is 0. The van der Waals surface area contributed by atoms with Gasteiger partial charge in [0.15, 0.2) is 0 Å². The molecule has 2 heterocycles. The topological polar surface area (TPSA) is 38.8 Å². The molecular formula is C22H34N4O. The van der Waals surface area contributed by atoms with Crippen molar-refractivity contribution in [3.05, 3.63) is 42.0 Å². The van der Waals surface area contributed by atoms with Crippen molar-refractivity contribution in [1.82, 2.24) is 20.0 Å². The molecule has 1 aromatic carbocycles. The number of nitrogens with zero attached hydrogens (tertiary/aromatic N) is 3. The highest BCUT2D eigenvalue weighted by molar-refractivity contribution is 5.74. The zero-order valence-corrected chi connectivity index (χ0v) is 16.8. The lowest BCUT2D eigenvalue weighted by Crippen LogP contribution is -2.54. The first kappa shape index (κ1) is 19.9. The van der Waals surface area contributed by atoms with Gasteiger partial charge in [0.25, 0.3) is 0 Å². The van der Waals surface area contributed by atoms with Crippen molar-refractivity contribution in [3.63, 3.8) is 0 Å². The summed E-state index contributed by atoms with van der Waals surface area (Å²) in [6.45, 7) is 8.88. The monoisotopic (exact) mass is 370 g/mol. The number of likely N-dealkylation sites (tertiary alicyclic amines) is 1. The standard InChI is InChI=1S/C22H34N4O/c1-19(21-10-13-24(2)14-11-21)23-22(27)26-17-15-25(16-18-26)12-6-9-20-7-4-3-5-8-20/h3-9,19,21H,10-18H2,1-2H3,(H,23,27). The highest BCUT2D eigenvalue weighted by atomic mass is 16.2. The zero-order chi connectivity index (χ0) is 19.1. The molecule has 2 amide bonds. The van der Waals surface area contributed by atoms with E-state index >= 15 is 0 Å². The minimum absolute atomic E-state index is 0.112. The Morgan fingerprint density at radius 3 is 2.44 bits per heavy atom. The summed E-state index contributed by atoms with van der Waals surface area (Å²) in [6.07, 6.45) is 6.74. The molecule has 2 saturated heterocycles. The molecule has 0 aromatic heterocycles. The van der Waals surface area contributed by atoms with Crippen molar-refractivity contribution in [2.24, 2.45) is 5.92 Å². The van der Waals surface area contributed by atoms with Crippen LogP contribution in [-0.2, 0) is 0 Å². The third-order valence-corrected chi connectivity index (χ3v) is 5.95. The average molecular weight is 371 g/mol. The van der Waals surface area contributed by atoms with E-state index in [0.717, 1.165) is 45.8 Å². The van der Waals surface area contributed by atoms with E-state index in [2.05, 4.69) is 65.5 Å². The normalized spacial score (nSPS) is 21.5. The quantitative estimate of drug-likeness (QED) is 0.866. The highest BCUT2D eigenvalue weighted by Crippen LogP contribution is 2.19. The summed E-state index contributed by atoms with van der Waals surface area (Å²) in [5.41, 5.74) is 1.23. The third-order valence-electron chi connectivity index (χ3n) is 5.95. The molecule has 1 atom stereocenters. The first-order valence-corrected chi connectivity index (χ1v) is 10.3. The largest absolute Gasteiger partial charge is 0.335 e. The van der Waals surface area contributed by atoms with Crippen molar-refractivity contribution >= 4 is 12.1 Å². The molecule has 2 fully saturated rings. The van der Waals surface area contributed by atoms with Crippen LogP contribution in [0.3, 0.4) is 0 Å². The lowest BCUT2D eigenvalue weighted by Gasteiger charge is -2.37. The number of hydrogen-bond donors (Lipinski definition) is 1. The summed E-state index contributed by atoms with van der Waals surface area (Å²) in [6, 6.07) is 10.8. The number of rotatable bonds is 5. The second-order valence-electron chi connectivity index (χ2n) is 7.98. The van der Waals surface area contributed by atoms with Crippen LogP contribution in [-0.4, -0.2) is 79.6 Å². The van der Waals surface area contributed by atoms with Crippen molar-refractivity contribution in [3.8, 4) is 0 Å². The van der Waals surface area contributed by atoms with Gasteiger partial charge in [-0.15, -0.1) is 0 Å². The Hall–Kier alpha value is -1.85. The van der Waals surface area contributed by atoms with E-state index in [1.165, 1.54) is 18.4 Å². The Balaban J connectivity index is 1.37. The van der Waals surface area contributed by atoms with E-state index in [9.17, 15) is 4.79 Å². The van der Waals surface area contributed by atoms with E-state index in [1.54, 1.807) is 0 Å². The Kier molecular flexibility index (Phi) is 7.30. The number of hydrogen-bond acceptors (Lipinski definition) is 3. The van der Waals surface area contributed by atoms with Gasteiger partial charge < -0.3 is 15.1 Å². The maximum atomic E-state index is 12.6. The molecule has 1 aromatic rings. The minimum atomic E-state index is 0.112. The van der Waals surface area contributed by atoms with Crippen molar-refractivity contribution in [2.75, 3.05) is 52.9 Å². The third kappa shape index (κ3) is 6.08. The maximum absolute atomic E-state index is 12.6. The van der Waals surface area contributed by atoms with Crippen molar-refractivity contribution in [2.45, 2.75) is 25.8 Å². The molecule has 0 spiro atoms. The van der Waals surface area contributed by atoms with Crippen molar-refractivity contribution in [1.29, 1.82) is 0 Å². The highest BCUT2D eigenvalue weighted by Gasteiger charge is 2.26. The Morgan fingerprint density at radius 2 is 1.78 bits per heavy atom. The number of piperidine rings is 1. The van der Waals surface area contributed by atoms with Gasteiger partial charge >= 0.3 is 6.03 Å². The molecule has 27 heavy (non-hydrogen) atoms. The second-order valence-corrected chi connectivity index (χ2v) is 7.98. The molecule has 3 rings (SSSR count). The van der Waals surface area contributed by atoms with E-state index < -0.39 is 0 Å². The van der Waals surface area contributed by atoms with Crippen LogP contribution >= 0.6 is 0 Å². The van der Waals surface area contributed by atoms with E-state index in [4.69, 9.17) is 0 Å². The zero-order valence-electron chi connectivity index (χ0n) is 16.8. The predicted molar refractivity (Wildman–Crippen MR) is 112 cm³/mol. The van der Waals surface area contributed by atoms with Crippen LogP contribution < -0.4 is 5.32 Å². The van der Waals surface area contributed by atoms with Crippen molar-refractivity contribution < 1.29 is 4.79 Å². The number of benzene rings is 1. The van der Waals surface area contributed by atoms with Gasteiger partial charge in [0.2, 0.25) is 0 Å². The number of carbonyl (C=O) groups is 1. The van der Waals surface area contributed by atoms with Gasteiger partial charge in [0, 0.05) is 38.8 Å². The first-order chi connectivity index (χ1) is 13.1. The Labute approximate surface area is 164 Å². The van der Waals surface area contributed by atoms with Gasteiger partial charge in [0.1, 0.15) is 0 Å². The summed E-state index contributed by atoms with van der Waals surface area (Å²) in [5.74, 6) is 0.606. The SMILES string of the molecule is CC(NC(=O)N1CCN(CC=Cc2ccccc2)CC1)C1CCN(C)CC1. The molecule has 5 nitrogen and oxygen atoms in total. The number of carbonyl (C=O) groups excluding carboxylic acids is 1. The van der Waals surface area contributed by atoms with Crippen LogP contribution in [0.1, 0.15) is 25.3 Å². The molecular weight excluding hydrogens is 336 g/mol. The molecule has 148 valence electrons. The van der Waals surface area contributed by atoms with Gasteiger partial charge in [-0.25, -0.2) is 4.79 Å². The molecule has 5 heteroatoms. The van der Waals surface area contributed by atoms with Crippen LogP contribution in [0.25, 0.3) is 6.08 Å². The summed E-state index contributed by atoms with van der Waals surface area (Å²) in [4.78, 5) is 19.3. The van der Waals surface area contributed by atoms with E-state index in [1.807, 2.05) is 11.0 Å². The minimum Gasteiger partial charge on any atom is -0.335 e. The Morgan fingerprint density at radius 1 is 1.11 bits per heavy atom. The van der Waals surface area contributed by atoms with Gasteiger partial charge in [0.05, 0.1) is 0 Å². The van der Waals surface area contributed by atoms with Gasteiger partial charge in [-0.2, -0.15) is 0 Å². The molecule has 0 saturated carbocycles. The lowest BCUT2D eigenvalue weighted by atomic mass is 9.90. The summed E-state index contributed by atoms with van der Waals surface area (Å²) >= 11 is 0. The first-order valence-electron chi connectivity index (χ1n) is 10.3. The maximum Gasteiger partial charge on any atom is 0.317 e. The van der Waals surface area contributed by atoms with Crippen LogP contribution in [0, 0.1) is 5.92 Å². The molecule has 0 aliphatic carbocycles. The van der Waals surface area contributed by atoms with Gasteiger partial charge in [-0.3, -0.25) is 4.90 Å². The number of nitrogens with one attached hydrogen (secondary N) is 1. The van der Waals surface area contributed by atoms with Crippen LogP contribution in [0.2, 0.25) is 0 Å². The number of amides is 2. The van der Waals surface area contributed by atoms with Gasteiger partial charge in [-0.1, -0.05) is 42.5 Å². The second kappa shape index (κ2) is 9.90. The molecule has 0 bridgehead atoms. The number of urea groups is 1. The molecule has 1 N–H and O–H groups in total. The lowest BCUT2D eigenvalue weighted by molar-refractivity contribution is 0.137.